The van der Waals surface area contributed by atoms with Gasteiger partial charge in [0.05, 0.1) is 5.75 Å². The van der Waals surface area contributed by atoms with Gasteiger partial charge in [-0.25, -0.2) is 4.68 Å². The Balaban J connectivity index is 1.87. The van der Waals surface area contributed by atoms with E-state index in [1.54, 1.807) is 11.7 Å². The molecular formula is C11H11N3OS3. The van der Waals surface area contributed by atoms with Crippen molar-refractivity contribution in [3.8, 4) is 0 Å². The van der Waals surface area contributed by atoms with E-state index in [4.69, 9.17) is 12.2 Å². The van der Waals surface area contributed by atoms with Gasteiger partial charge in [0.25, 0.3) is 0 Å². The van der Waals surface area contributed by atoms with Crippen LogP contribution < -0.4 is 5.32 Å². The molecule has 18 heavy (non-hydrogen) atoms. The van der Waals surface area contributed by atoms with E-state index in [0.717, 1.165) is 10.0 Å². The van der Waals surface area contributed by atoms with Crippen LogP contribution in [0.1, 0.15) is 0 Å². The SMILES string of the molecule is Cn1nc(SCC(=O)Nc2ccccc2)sc1=S. The highest BCUT2D eigenvalue weighted by molar-refractivity contribution is 8.01. The number of carbonyl (C=O) groups is 1. The number of para-hydroxylation sites is 1. The van der Waals surface area contributed by atoms with Crippen LogP contribution in [-0.4, -0.2) is 21.4 Å². The first-order chi connectivity index (χ1) is 8.65. The lowest BCUT2D eigenvalue weighted by atomic mass is 10.3. The van der Waals surface area contributed by atoms with Crippen molar-refractivity contribution in [2.45, 2.75) is 4.34 Å². The van der Waals surface area contributed by atoms with Crippen LogP contribution in [0.25, 0.3) is 0 Å². The average Bonchev–Trinajstić information content (AvgIpc) is 2.68. The van der Waals surface area contributed by atoms with E-state index in [-0.39, 0.29) is 5.91 Å². The Kier molecular flexibility index (Phi) is 4.51. The summed E-state index contributed by atoms with van der Waals surface area (Å²) in [5.74, 6) is 0.284. The summed E-state index contributed by atoms with van der Waals surface area (Å²) in [7, 11) is 1.80. The van der Waals surface area contributed by atoms with Crippen molar-refractivity contribution >= 4 is 46.9 Å². The summed E-state index contributed by atoms with van der Waals surface area (Å²) in [6.07, 6.45) is 0. The number of aryl methyl sites for hydroxylation is 1. The number of hydrogen-bond donors (Lipinski definition) is 1. The molecule has 94 valence electrons. The Labute approximate surface area is 118 Å². The van der Waals surface area contributed by atoms with Crippen molar-refractivity contribution in [1.29, 1.82) is 0 Å². The van der Waals surface area contributed by atoms with E-state index >= 15 is 0 Å². The Hall–Kier alpha value is -1.18. The Bertz CT molecular complexity index is 591. The zero-order valence-corrected chi connectivity index (χ0v) is 12.1. The normalized spacial score (nSPS) is 10.3. The second-order valence-electron chi connectivity index (χ2n) is 3.46. The molecule has 0 saturated carbocycles. The number of rotatable bonds is 4. The number of benzene rings is 1. The van der Waals surface area contributed by atoms with Crippen LogP contribution >= 0.6 is 35.3 Å². The van der Waals surface area contributed by atoms with Crippen molar-refractivity contribution in [1.82, 2.24) is 9.78 Å². The monoisotopic (exact) mass is 297 g/mol. The predicted octanol–water partition coefficient (Wildman–Crippen LogP) is 2.94. The first kappa shape index (κ1) is 13.3. The zero-order valence-electron chi connectivity index (χ0n) is 9.62. The van der Waals surface area contributed by atoms with Crippen LogP contribution in [0.15, 0.2) is 34.7 Å². The first-order valence-electron chi connectivity index (χ1n) is 5.17. The Morgan fingerprint density at radius 1 is 1.50 bits per heavy atom. The molecule has 0 radical (unpaired) electrons. The van der Waals surface area contributed by atoms with E-state index < -0.39 is 0 Å². The molecule has 1 amide bonds. The summed E-state index contributed by atoms with van der Waals surface area (Å²) in [5.41, 5.74) is 0.803. The third-order valence-corrected chi connectivity index (χ3v) is 4.60. The van der Waals surface area contributed by atoms with E-state index in [0.29, 0.717) is 9.71 Å². The first-order valence-corrected chi connectivity index (χ1v) is 7.38. The number of aromatic nitrogens is 2. The van der Waals surface area contributed by atoms with Crippen LogP contribution in [0.2, 0.25) is 0 Å². The summed E-state index contributed by atoms with van der Waals surface area (Å²) >= 11 is 7.87. The van der Waals surface area contributed by atoms with Gasteiger partial charge < -0.3 is 5.32 Å². The summed E-state index contributed by atoms with van der Waals surface area (Å²) in [4.78, 5) is 11.7. The summed E-state index contributed by atoms with van der Waals surface area (Å²) in [6.45, 7) is 0. The number of hydrogen-bond acceptors (Lipinski definition) is 5. The van der Waals surface area contributed by atoms with Gasteiger partial charge in [0.1, 0.15) is 0 Å². The fourth-order valence-electron chi connectivity index (χ4n) is 1.23. The number of thioether (sulfide) groups is 1. The topological polar surface area (TPSA) is 46.9 Å². The van der Waals surface area contributed by atoms with Crippen LogP contribution in [0.4, 0.5) is 5.69 Å². The molecule has 0 saturated heterocycles. The van der Waals surface area contributed by atoms with Gasteiger partial charge >= 0.3 is 0 Å². The third kappa shape index (κ3) is 3.66. The second-order valence-corrected chi connectivity index (χ2v) is 6.31. The molecule has 1 heterocycles. The van der Waals surface area contributed by atoms with E-state index in [2.05, 4.69) is 10.4 Å². The van der Waals surface area contributed by atoms with Crippen LogP contribution in [0, 0.1) is 3.95 Å². The molecule has 7 heteroatoms. The average molecular weight is 297 g/mol. The highest BCUT2D eigenvalue weighted by Gasteiger charge is 2.06. The summed E-state index contributed by atoms with van der Waals surface area (Å²) < 4.78 is 3.16. The minimum atomic E-state index is -0.0463. The van der Waals surface area contributed by atoms with Crippen molar-refractivity contribution in [2.24, 2.45) is 7.05 Å². The third-order valence-electron chi connectivity index (χ3n) is 2.05. The number of nitrogens with zero attached hydrogens (tertiary/aromatic N) is 2. The fourth-order valence-corrected chi connectivity index (χ4v) is 3.31. The fraction of sp³-hybridized carbons (Fsp3) is 0.182. The maximum absolute atomic E-state index is 11.7. The smallest absolute Gasteiger partial charge is 0.234 e. The molecule has 1 aromatic heterocycles. The van der Waals surface area contributed by atoms with Crippen molar-refractivity contribution < 1.29 is 4.79 Å². The molecule has 0 atom stereocenters. The molecular weight excluding hydrogens is 286 g/mol. The number of nitrogens with one attached hydrogen (secondary N) is 1. The van der Waals surface area contributed by atoms with Gasteiger partial charge in [-0.3, -0.25) is 4.79 Å². The van der Waals surface area contributed by atoms with E-state index in [1.807, 2.05) is 30.3 Å². The summed E-state index contributed by atoms with van der Waals surface area (Å²) in [5, 5.41) is 7.02. The van der Waals surface area contributed by atoms with Crippen molar-refractivity contribution in [2.75, 3.05) is 11.1 Å². The molecule has 1 aromatic carbocycles. The van der Waals surface area contributed by atoms with Crippen molar-refractivity contribution in [3.63, 3.8) is 0 Å². The molecule has 0 fully saturated rings. The largest absolute Gasteiger partial charge is 0.325 e. The van der Waals surface area contributed by atoms with Crippen molar-refractivity contribution in [3.05, 3.63) is 34.3 Å². The second kappa shape index (κ2) is 6.12. The minimum absolute atomic E-state index is 0.0463. The van der Waals surface area contributed by atoms with Gasteiger partial charge in [-0.1, -0.05) is 41.3 Å². The standard InChI is InChI=1S/C11H11N3OS3/c1-14-11(16)18-10(13-14)17-7-9(15)12-8-5-3-2-4-6-8/h2-6H,7H2,1H3,(H,12,15). The lowest BCUT2D eigenvalue weighted by Crippen LogP contribution is -2.13. The molecule has 0 aliphatic carbocycles. The van der Waals surface area contributed by atoms with Gasteiger partial charge in [-0.15, -0.1) is 0 Å². The lowest BCUT2D eigenvalue weighted by Gasteiger charge is -2.02. The predicted molar refractivity (Wildman–Crippen MR) is 77.7 cm³/mol. The molecule has 2 aromatic rings. The van der Waals surface area contributed by atoms with Gasteiger partial charge in [0, 0.05) is 12.7 Å². The van der Waals surface area contributed by atoms with E-state index in [9.17, 15) is 4.79 Å². The molecule has 0 aliphatic heterocycles. The maximum atomic E-state index is 11.7. The van der Waals surface area contributed by atoms with Crippen LogP contribution in [0.3, 0.4) is 0 Å². The van der Waals surface area contributed by atoms with Crippen LogP contribution in [-0.2, 0) is 11.8 Å². The van der Waals surface area contributed by atoms with Gasteiger partial charge in [0.15, 0.2) is 8.29 Å². The number of carbonyl (C=O) groups excluding carboxylic acids is 1. The van der Waals surface area contributed by atoms with Gasteiger partial charge in [0.2, 0.25) is 5.91 Å². The molecule has 1 N–H and O–H groups in total. The minimum Gasteiger partial charge on any atom is -0.325 e. The molecule has 2 rings (SSSR count). The molecule has 0 bridgehead atoms. The molecule has 0 aliphatic rings. The molecule has 0 unspecified atom stereocenters. The summed E-state index contributed by atoms with van der Waals surface area (Å²) in [6, 6.07) is 9.38. The molecule has 0 spiro atoms. The highest BCUT2D eigenvalue weighted by Crippen LogP contribution is 2.21. The molecule has 4 nitrogen and oxygen atoms in total. The Morgan fingerprint density at radius 3 is 2.83 bits per heavy atom. The van der Waals surface area contributed by atoms with Crippen LogP contribution in [0.5, 0.6) is 0 Å². The Morgan fingerprint density at radius 2 is 2.22 bits per heavy atom. The van der Waals surface area contributed by atoms with E-state index in [1.165, 1.54) is 23.1 Å². The highest BCUT2D eigenvalue weighted by atomic mass is 32.2. The number of anilines is 1. The van der Waals surface area contributed by atoms with Gasteiger partial charge in [-0.05, 0) is 24.4 Å². The van der Waals surface area contributed by atoms with Gasteiger partial charge in [-0.2, -0.15) is 5.10 Å². The lowest BCUT2D eigenvalue weighted by molar-refractivity contribution is -0.113. The number of amides is 1. The maximum Gasteiger partial charge on any atom is 0.234 e. The quantitative estimate of drug-likeness (QED) is 0.696. The zero-order chi connectivity index (χ0) is 13.0.